The number of imide groups is 1. The summed E-state index contributed by atoms with van der Waals surface area (Å²) < 4.78 is 22.9. The zero-order valence-electron chi connectivity index (χ0n) is 21.6. The van der Waals surface area contributed by atoms with Gasteiger partial charge in [0, 0.05) is 21.7 Å². The topological polar surface area (TPSA) is 74.3 Å². The minimum Gasteiger partial charge on any atom is -0.490 e. The number of carbonyl (C=O) groups is 2. The number of nitrogens with zero attached hydrogens (tertiary/aromatic N) is 1. The standard InChI is InChI=1S/C30H25Cl2NO6S/c1-3-5-20-10-19(11-26(36-4-2)28(20)37-16-18-6-8-22(31)9-7-18)12-27-29(34)33(30(35)40-27)15-21-13-24-25(14-23(21)32)39-17-38-24/h3,6-14H,1,4-5,15-17H2,2H3/b27-12-. The van der Waals surface area contributed by atoms with Crippen LogP contribution in [0, 0.1) is 0 Å². The number of allylic oxidation sites excluding steroid dienone is 1. The van der Waals surface area contributed by atoms with E-state index in [-0.39, 0.29) is 18.6 Å². The van der Waals surface area contributed by atoms with Crippen molar-refractivity contribution in [2.45, 2.75) is 26.5 Å². The van der Waals surface area contributed by atoms with Crippen molar-refractivity contribution in [2.24, 2.45) is 0 Å². The molecule has 0 bridgehead atoms. The highest BCUT2D eigenvalue weighted by molar-refractivity contribution is 8.18. The van der Waals surface area contributed by atoms with E-state index in [4.69, 9.17) is 42.1 Å². The molecule has 1 saturated heterocycles. The van der Waals surface area contributed by atoms with Crippen molar-refractivity contribution < 1.29 is 28.5 Å². The van der Waals surface area contributed by atoms with E-state index in [0.717, 1.165) is 27.8 Å². The van der Waals surface area contributed by atoms with Crippen LogP contribution in [0.5, 0.6) is 23.0 Å². The van der Waals surface area contributed by atoms with E-state index in [9.17, 15) is 9.59 Å². The zero-order valence-corrected chi connectivity index (χ0v) is 23.9. The fourth-order valence-electron chi connectivity index (χ4n) is 4.28. The van der Waals surface area contributed by atoms with Gasteiger partial charge in [-0.1, -0.05) is 41.4 Å². The van der Waals surface area contributed by atoms with E-state index < -0.39 is 5.91 Å². The predicted molar refractivity (Wildman–Crippen MR) is 156 cm³/mol. The Bertz CT molecular complexity index is 1510. The Balaban J connectivity index is 1.40. The molecule has 40 heavy (non-hydrogen) atoms. The molecule has 7 nitrogen and oxygen atoms in total. The maximum Gasteiger partial charge on any atom is 0.293 e. The van der Waals surface area contributed by atoms with E-state index in [1.54, 1.807) is 30.4 Å². The molecule has 206 valence electrons. The Kier molecular flexibility index (Phi) is 8.59. The number of fused-ring (bicyclic) bond motifs is 1. The number of amides is 2. The van der Waals surface area contributed by atoms with E-state index in [1.807, 2.05) is 37.3 Å². The van der Waals surface area contributed by atoms with Crippen LogP contribution in [0.15, 0.2) is 66.1 Å². The molecular formula is C30H25Cl2NO6S. The molecule has 0 N–H and O–H groups in total. The SMILES string of the molecule is C=CCc1cc(/C=C2\SC(=O)N(Cc3cc4c(cc3Cl)OCO4)C2=O)cc(OCC)c1OCc1ccc(Cl)cc1. The predicted octanol–water partition coefficient (Wildman–Crippen LogP) is 7.66. The van der Waals surface area contributed by atoms with Crippen molar-refractivity contribution in [2.75, 3.05) is 13.4 Å². The fourth-order valence-corrected chi connectivity index (χ4v) is 5.45. The van der Waals surface area contributed by atoms with Crippen molar-refractivity contribution >= 4 is 52.2 Å². The summed E-state index contributed by atoms with van der Waals surface area (Å²) >= 11 is 13.3. The highest BCUT2D eigenvalue weighted by Crippen LogP contribution is 2.40. The van der Waals surface area contributed by atoms with Gasteiger partial charge in [-0.25, -0.2) is 0 Å². The third kappa shape index (κ3) is 6.09. The highest BCUT2D eigenvalue weighted by Gasteiger charge is 2.36. The number of hydrogen-bond acceptors (Lipinski definition) is 7. The summed E-state index contributed by atoms with van der Waals surface area (Å²) in [5, 5.41) is 0.653. The van der Waals surface area contributed by atoms with Crippen molar-refractivity contribution in [3.05, 3.63) is 98.4 Å². The van der Waals surface area contributed by atoms with E-state index >= 15 is 0 Å². The van der Waals surface area contributed by atoms with Gasteiger partial charge in [0.15, 0.2) is 23.0 Å². The Morgan fingerprint density at radius 2 is 1.77 bits per heavy atom. The first-order valence-corrected chi connectivity index (χ1v) is 14.0. The van der Waals surface area contributed by atoms with E-state index in [2.05, 4.69) is 6.58 Å². The molecule has 0 atom stereocenters. The molecule has 0 aliphatic carbocycles. The molecule has 2 aliphatic heterocycles. The van der Waals surface area contributed by atoms with Gasteiger partial charge in [0.05, 0.1) is 18.1 Å². The molecule has 0 radical (unpaired) electrons. The third-order valence-corrected chi connectivity index (χ3v) is 7.67. The number of carbonyl (C=O) groups excluding carboxylic acids is 2. The highest BCUT2D eigenvalue weighted by atomic mass is 35.5. The van der Waals surface area contributed by atoms with E-state index in [1.165, 1.54) is 0 Å². The maximum absolute atomic E-state index is 13.3. The molecule has 2 aliphatic rings. The van der Waals surface area contributed by atoms with Gasteiger partial charge < -0.3 is 18.9 Å². The average molecular weight is 599 g/mol. The molecule has 0 unspecified atom stereocenters. The lowest BCUT2D eigenvalue weighted by Gasteiger charge is -2.17. The molecular weight excluding hydrogens is 573 g/mol. The van der Waals surface area contributed by atoms with Gasteiger partial charge in [0.25, 0.3) is 11.1 Å². The lowest BCUT2D eigenvalue weighted by Crippen LogP contribution is -2.27. The second-order valence-electron chi connectivity index (χ2n) is 8.91. The first-order valence-electron chi connectivity index (χ1n) is 12.5. The molecule has 2 amide bonds. The quantitative estimate of drug-likeness (QED) is 0.175. The van der Waals surface area contributed by atoms with Crippen molar-refractivity contribution in [1.29, 1.82) is 0 Å². The van der Waals surface area contributed by atoms with Crippen LogP contribution in [0.3, 0.4) is 0 Å². The minimum atomic E-state index is -0.407. The summed E-state index contributed by atoms with van der Waals surface area (Å²) in [7, 11) is 0. The van der Waals surface area contributed by atoms with Gasteiger partial charge in [0.2, 0.25) is 6.79 Å². The van der Waals surface area contributed by atoms with Crippen LogP contribution in [-0.2, 0) is 24.4 Å². The Morgan fingerprint density at radius 1 is 1.02 bits per heavy atom. The molecule has 2 heterocycles. The summed E-state index contributed by atoms with van der Waals surface area (Å²) in [6.07, 6.45) is 3.97. The smallest absolute Gasteiger partial charge is 0.293 e. The molecule has 0 spiro atoms. The Morgan fingerprint density at radius 3 is 2.50 bits per heavy atom. The van der Waals surface area contributed by atoms with Gasteiger partial charge in [-0.05, 0) is 78.2 Å². The minimum absolute atomic E-state index is 0.0147. The summed E-state index contributed by atoms with van der Waals surface area (Å²) in [5.74, 6) is 1.78. The Hall–Kier alpha value is -3.59. The molecule has 3 aromatic carbocycles. The fraction of sp³-hybridized carbons (Fsp3) is 0.200. The monoisotopic (exact) mass is 597 g/mol. The number of halogens is 2. The van der Waals surface area contributed by atoms with Crippen LogP contribution >= 0.6 is 35.0 Å². The van der Waals surface area contributed by atoms with Crippen LogP contribution in [0.2, 0.25) is 10.0 Å². The summed E-state index contributed by atoms with van der Waals surface area (Å²) in [5.41, 5.74) is 3.08. The van der Waals surface area contributed by atoms with Crippen LogP contribution in [0.25, 0.3) is 6.08 Å². The number of rotatable bonds is 10. The summed E-state index contributed by atoms with van der Waals surface area (Å²) in [6.45, 7) is 6.61. The first kappa shape index (κ1) is 28.0. The van der Waals surface area contributed by atoms with Gasteiger partial charge in [-0.3, -0.25) is 14.5 Å². The molecule has 3 aromatic rings. The maximum atomic E-state index is 13.3. The number of hydrogen-bond donors (Lipinski definition) is 0. The zero-order chi connectivity index (χ0) is 28.2. The van der Waals surface area contributed by atoms with Crippen molar-refractivity contribution in [3.8, 4) is 23.0 Å². The van der Waals surface area contributed by atoms with Crippen molar-refractivity contribution in [1.82, 2.24) is 4.90 Å². The van der Waals surface area contributed by atoms with Crippen LogP contribution in [0.1, 0.15) is 29.2 Å². The molecule has 0 aromatic heterocycles. The van der Waals surface area contributed by atoms with Gasteiger partial charge in [-0.15, -0.1) is 6.58 Å². The number of benzene rings is 3. The third-order valence-electron chi connectivity index (χ3n) is 6.16. The summed E-state index contributed by atoms with van der Waals surface area (Å²) in [4.78, 5) is 27.6. The number of thioether (sulfide) groups is 1. The molecule has 1 fully saturated rings. The lowest BCUT2D eigenvalue weighted by atomic mass is 10.0. The normalized spacial score (nSPS) is 15.2. The second-order valence-corrected chi connectivity index (χ2v) is 10.7. The van der Waals surface area contributed by atoms with Gasteiger partial charge >= 0.3 is 0 Å². The van der Waals surface area contributed by atoms with Crippen LogP contribution in [0.4, 0.5) is 4.79 Å². The number of ether oxygens (including phenoxy) is 4. The second kappa shape index (κ2) is 12.3. The van der Waals surface area contributed by atoms with Crippen LogP contribution in [-0.4, -0.2) is 29.4 Å². The van der Waals surface area contributed by atoms with Crippen LogP contribution < -0.4 is 18.9 Å². The molecule has 10 heteroatoms. The molecule has 0 saturated carbocycles. The van der Waals surface area contributed by atoms with Gasteiger partial charge in [0.1, 0.15) is 6.61 Å². The van der Waals surface area contributed by atoms with Crippen molar-refractivity contribution in [3.63, 3.8) is 0 Å². The lowest BCUT2D eigenvalue weighted by molar-refractivity contribution is -0.123. The van der Waals surface area contributed by atoms with Gasteiger partial charge in [-0.2, -0.15) is 0 Å². The molecule has 5 rings (SSSR count). The first-order chi connectivity index (χ1) is 19.4. The Labute approximate surface area is 246 Å². The largest absolute Gasteiger partial charge is 0.490 e. The summed E-state index contributed by atoms with van der Waals surface area (Å²) in [6, 6.07) is 14.4. The van der Waals surface area contributed by atoms with E-state index in [0.29, 0.717) is 68.7 Å². The average Bonchev–Trinajstić information content (AvgIpc) is 3.48.